The molecule has 0 bridgehead atoms. The molecule has 7 nitrogen and oxygen atoms in total. The summed E-state index contributed by atoms with van der Waals surface area (Å²) in [5.41, 5.74) is 4.93. The molecular formula is C22H16N4O3S. The third-order valence-corrected chi connectivity index (χ3v) is 4.86. The lowest BCUT2D eigenvalue weighted by atomic mass is 10.2. The molecule has 4 rings (SSSR count). The molecule has 1 heterocycles. The van der Waals surface area contributed by atoms with E-state index in [1.54, 1.807) is 12.1 Å². The Labute approximate surface area is 176 Å². The number of hydrazone groups is 1. The third kappa shape index (κ3) is 4.68. The largest absolute Gasteiger partial charge is 0.457 e. The number of benzene rings is 3. The zero-order valence-electron chi connectivity index (χ0n) is 15.6. The van der Waals surface area contributed by atoms with Crippen molar-refractivity contribution < 1.29 is 9.66 Å². The van der Waals surface area contributed by atoms with Crippen LogP contribution in [-0.2, 0) is 0 Å². The molecule has 0 saturated carbocycles. The van der Waals surface area contributed by atoms with Gasteiger partial charge >= 0.3 is 0 Å². The van der Waals surface area contributed by atoms with Gasteiger partial charge in [0.05, 0.1) is 22.4 Å². The summed E-state index contributed by atoms with van der Waals surface area (Å²) in [5, 5.41) is 18.0. The summed E-state index contributed by atoms with van der Waals surface area (Å²) in [6, 6.07) is 23.5. The lowest BCUT2D eigenvalue weighted by Gasteiger charge is -2.06. The van der Waals surface area contributed by atoms with Gasteiger partial charge in [0.15, 0.2) is 0 Å². The number of aromatic nitrogens is 1. The second-order valence-corrected chi connectivity index (χ2v) is 7.02. The van der Waals surface area contributed by atoms with E-state index in [9.17, 15) is 10.1 Å². The van der Waals surface area contributed by atoms with Crippen LogP contribution in [0.2, 0.25) is 0 Å². The van der Waals surface area contributed by atoms with E-state index < -0.39 is 4.92 Å². The van der Waals surface area contributed by atoms with Crippen LogP contribution in [0, 0.1) is 10.1 Å². The lowest BCUT2D eigenvalue weighted by molar-refractivity contribution is -0.385. The van der Waals surface area contributed by atoms with Gasteiger partial charge in [-0.3, -0.25) is 15.5 Å². The summed E-state index contributed by atoms with van der Waals surface area (Å²) in [7, 11) is 0. The van der Waals surface area contributed by atoms with E-state index in [0.29, 0.717) is 22.2 Å². The number of thiazole rings is 1. The first kappa shape index (κ1) is 19.3. The van der Waals surface area contributed by atoms with Gasteiger partial charge in [0.2, 0.25) is 5.13 Å². The standard InChI is InChI=1S/C22H16N4O3S/c27-26(28)21-12-11-19(29-18-9-5-2-6-10-18)13-17(21)14-23-25-22-24-20(15-30-22)16-7-3-1-4-8-16/h1-15H,(H,24,25). The molecule has 0 amide bonds. The van der Waals surface area contributed by atoms with E-state index in [1.807, 2.05) is 66.0 Å². The van der Waals surface area contributed by atoms with Gasteiger partial charge in [-0.15, -0.1) is 11.3 Å². The molecule has 0 spiro atoms. The zero-order chi connectivity index (χ0) is 20.8. The van der Waals surface area contributed by atoms with E-state index in [-0.39, 0.29) is 5.69 Å². The number of nitro groups is 1. The molecule has 0 aliphatic carbocycles. The first-order valence-corrected chi connectivity index (χ1v) is 9.88. The summed E-state index contributed by atoms with van der Waals surface area (Å²) in [6.45, 7) is 0. The third-order valence-electron chi connectivity index (χ3n) is 4.11. The number of ether oxygens (including phenoxy) is 1. The first-order valence-electron chi connectivity index (χ1n) is 9.00. The quantitative estimate of drug-likeness (QED) is 0.228. The van der Waals surface area contributed by atoms with Crippen LogP contribution in [-0.4, -0.2) is 16.1 Å². The Kier molecular flexibility index (Phi) is 5.77. The van der Waals surface area contributed by atoms with E-state index in [4.69, 9.17) is 4.74 Å². The number of rotatable bonds is 7. The molecule has 0 unspecified atom stereocenters. The summed E-state index contributed by atoms with van der Waals surface area (Å²) >= 11 is 1.40. The van der Waals surface area contributed by atoms with E-state index in [2.05, 4.69) is 15.5 Å². The minimum Gasteiger partial charge on any atom is -0.457 e. The van der Waals surface area contributed by atoms with Crippen molar-refractivity contribution >= 4 is 28.4 Å². The molecule has 0 atom stereocenters. The van der Waals surface area contributed by atoms with E-state index in [0.717, 1.165) is 11.3 Å². The van der Waals surface area contributed by atoms with Gasteiger partial charge in [0.1, 0.15) is 11.5 Å². The van der Waals surface area contributed by atoms with Crippen molar-refractivity contribution in [3.63, 3.8) is 0 Å². The maximum atomic E-state index is 11.4. The molecule has 0 saturated heterocycles. The number of nitrogens with zero attached hydrogens (tertiary/aromatic N) is 3. The fourth-order valence-electron chi connectivity index (χ4n) is 2.71. The van der Waals surface area contributed by atoms with Crippen LogP contribution in [0.15, 0.2) is 89.3 Å². The highest BCUT2D eigenvalue weighted by Crippen LogP contribution is 2.27. The zero-order valence-corrected chi connectivity index (χ0v) is 16.5. The van der Waals surface area contributed by atoms with Gasteiger partial charge < -0.3 is 4.74 Å². The van der Waals surface area contributed by atoms with Crippen LogP contribution in [0.3, 0.4) is 0 Å². The smallest absolute Gasteiger partial charge is 0.278 e. The molecule has 1 N–H and O–H groups in total. The van der Waals surface area contributed by atoms with Crippen molar-refractivity contribution in [3.8, 4) is 22.8 Å². The van der Waals surface area contributed by atoms with Crippen molar-refractivity contribution in [2.45, 2.75) is 0 Å². The van der Waals surface area contributed by atoms with E-state index in [1.165, 1.54) is 23.6 Å². The van der Waals surface area contributed by atoms with Gasteiger partial charge in [-0.1, -0.05) is 48.5 Å². The monoisotopic (exact) mass is 416 g/mol. The average molecular weight is 416 g/mol. The Morgan fingerprint density at radius 1 is 1.00 bits per heavy atom. The maximum Gasteiger partial charge on any atom is 0.278 e. The molecule has 1 aromatic heterocycles. The highest BCUT2D eigenvalue weighted by molar-refractivity contribution is 7.14. The number of hydrogen-bond acceptors (Lipinski definition) is 7. The maximum absolute atomic E-state index is 11.4. The molecule has 8 heteroatoms. The van der Waals surface area contributed by atoms with Crippen molar-refractivity contribution in [1.82, 2.24) is 4.98 Å². The Bertz CT molecular complexity index is 1180. The number of para-hydroxylation sites is 1. The second kappa shape index (κ2) is 8.97. The van der Waals surface area contributed by atoms with Gasteiger partial charge in [-0.05, 0) is 24.3 Å². The molecular weight excluding hydrogens is 400 g/mol. The van der Waals surface area contributed by atoms with Crippen LogP contribution in [0.1, 0.15) is 5.56 Å². The second-order valence-electron chi connectivity index (χ2n) is 6.17. The first-order chi connectivity index (χ1) is 14.7. The predicted molar refractivity (Wildman–Crippen MR) is 118 cm³/mol. The molecule has 0 fully saturated rings. The lowest BCUT2D eigenvalue weighted by Crippen LogP contribution is -1.97. The molecule has 30 heavy (non-hydrogen) atoms. The Morgan fingerprint density at radius 3 is 2.47 bits per heavy atom. The summed E-state index contributed by atoms with van der Waals surface area (Å²) in [5.74, 6) is 1.12. The predicted octanol–water partition coefficient (Wildman–Crippen LogP) is 5.96. The van der Waals surface area contributed by atoms with Crippen LogP contribution in [0.4, 0.5) is 10.8 Å². The molecule has 3 aromatic carbocycles. The minimum atomic E-state index is -0.454. The van der Waals surface area contributed by atoms with E-state index >= 15 is 0 Å². The van der Waals surface area contributed by atoms with Crippen LogP contribution >= 0.6 is 11.3 Å². The van der Waals surface area contributed by atoms with Crippen molar-refractivity contribution in [1.29, 1.82) is 0 Å². The fourth-order valence-corrected chi connectivity index (χ4v) is 3.38. The SMILES string of the molecule is O=[N+]([O-])c1ccc(Oc2ccccc2)cc1C=NNc1nc(-c2ccccc2)cs1. The molecule has 0 aliphatic heterocycles. The topological polar surface area (TPSA) is 89.7 Å². The van der Waals surface area contributed by atoms with Crippen molar-refractivity contribution in [2.24, 2.45) is 5.10 Å². The molecule has 4 aromatic rings. The Balaban J connectivity index is 1.51. The van der Waals surface area contributed by atoms with Gasteiger partial charge in [-0.25, -0.2) is 4.98 Å². The van der Waals surface area contributed by atoms with Crippen LogP contribution in [0.5, 0.6) is 11.5 Å². The number of nitro benzene ring substituents is 1. The van der Waals surface area contributed by atoms with Gasteiger partial charge in [-0.2, -0.15) is 5.10 Å². The van der Waals surface area contributed by atoms with Crippen LogP contribution in [0.25, 0.3) is 11.3 Å². The normalized spacial score (nSPS) is 10.8. The number of anilines is 1. The number of nitrogens with one attached hydrogen (secondary N) is 1. The summed E-state index contributed by atoms with van der Waals surface area (Å²) in [6.07, 6.45) is 1.39. The number of hydrogen-bond donors (Lipinski definition) is 1. The fraction of sp³-hybridized carbons (Fsp3) is 0. The van der Waals surface area contributed by atoms with Crippen molar-refractivity contribution in [2.75, 3.05) is 5.43 Å². The highest BCUT2D eigenvalue weighted by atomic mass is 32.1. The highest BCUT2D eigenvalue weighted by Gasteiger charge is 2.14. The average Bonchev–Trinajstić information content (AvgIpc) is 3.24. The Morgan fingerprint density at radius 2 is 1.73 bits per heavy atom. The minimum absolute atomic E-state index is 0.0647. The van der Waals surface area contributed by atoms with Crippen molar-refractivity contribution in [3.05, 3.63) is 99.9 Å². The molecule has 0 radical (unpaired) electrons. The summed E-state index contributed by atoms with van der Waals surface area (Å²) < 4.78 is 5.76. The molecule has 148 valence electrons. The summed E-state index contributed by atoms with van der Waals surface area (Å²) in [4.78, 5) is 15.4. The van der Waals surface area contributed by atoms with Gasteiger partial charge in [0.25, 0.3) is 5.69 Å². The van der Waals surface area contributed by atoms with Gasteiger partial charge in [0, 0.05) is 17.0 Å². The Hall–Kier alpha value is -4.04. The van der Waals surface area contributed by atoms with Crippen LogP contribution < -0.4 is 10.2 Å². The molecule has 0 aliphatic rings.